The molecule has 0 unspecified atom stereocenters. The highest BCUT2D eigenvalue weighted by molar-refractivity contribution is 5.64. The summed E-state index contributed by atoms with van der Waals surface area (Å²) in [5.41, 5.74) is 4.75. The van der Waals surface area contributed by atoms with Crippen LogP contribution in [-0.4, -0.2) is 50.3 Å². The monoisotopic (exact) mass is 164 g/mol. The number of amides is 1. The normalized spacial score (nSPS) is 10.1. The van der Waals surface area contributed by atoms with Crippen molar-refractivity contribution < 1.29 is 19.5 Å². The third-order valence-corrected chi connectivity index (χ3v) is 1.01. The Kier molecular flexibility index (Phi) is 5.74. The highest BCUT2D eigenvalue weighted by Gasteiger charge is 2.06. The first kappa shape index (κ1) is 12.8. The quantitative estimate of drug-likeness (QED) is 0.577. The standard InChI is InChI=1S/C6H14N2O2.H2O/c1-8(2,3)4-5-10-6(7)9;/h4-5H2,1-3H3,(H-,7,9);1H2. The van der Waals surface area contributed by atoms with Crippen LogP contribution in [0.2, 0.25) is 0 Å². The number of hydrogen-bond acceptors (Lipinski definition) is 3. The smallest absolute Gasteiger partial charge is 0.404 e. The Morgan fingerprint density at radius 3 is 2.18 bits per heavy atom. The van der Waals surface area contributed by atoms with Gasteiger partial charge in [0.25, 0.3) is 0 Å². The molecule has 5 nitrogen and oxygen atoms in total. The fourth-order valence-corrected chi connectivity index (χ4v) is 0.420. The first-order valence-electron chi connectivity index (χ1n) is 3.14. The molecule has 0 saturated carbocycles. The maximum absolute atomic E-state index is 10.1. The van der Waals surface area contributed by atoms with E-state index in [1.165, 1.54) is 0 Å². The van der Waals surface area contributed by atoms with E-state index >= 15 is 0 Å². The maximum Gasteiger partial charge on any atom is 0.404 e. The second kappa shape index (κ2) is 4.92. The summed E-state index contributed by atoms with van der Waals surface area (Å²) in [5, 5.41) is 0. The van der Waals surface area contributed by atoms with E-state index in [0.29, 0.717) is 6.61 Å². The van der Waals surface area contributed by atoms with Gasteiger partial charge < -0.3 is 20.4 Å². The van der Waals surface area contributed by atoms with E-state index in [-0.39, 0.29) is 5.48 Å². The average molecular weight is 164 g/mol. The predicted molar refractivity (Wildman–Crippen MR) is 40.4 cm³/mol. The molecule has 0 aliphatic rings. The summed E-state index contributed by atoms with van der Waals surface area (Å²) < 4.78 is 5.31. The predicted octanol–water partition coefficient (Wildman–Crippen LogP) is -0.389. The zero-order valence-electron chi connectivity index (χ0n) is 7.20. The van der Waals surface area contributed by atoms with Crippen molar-refractivity contribution in [3.8, 4) is 0 Å². The fraction of sp³-hybridized carbons (Fsp3) is 0.833. The van der Waals surface area contributed by atoms with Crippen LogP contribution >= 0.6 is 0 Å². The van der Waals surface area contributed by atoms with Gasteiger partial charge in [0.05, 0.1) is 21.1 Å². The number of nitrogens with two attached hydrogens (primary N) is 1. The molecule has 0 radical (unpaired) electrons. The van der Waals surface area contributed by atoms with E-state index in [2.05, 4.69) is 4.74 Å². The van der Waals surface area contributed by atoms with Gasteiger partial charge in [0.15, 0.2) is 0 Å². The molecule has 0 aromatic heterocycles. The number of nitrogens with zero attached hydrogens (tertiary/aromatic N) is 1. The Bertz CT molecular complexity index is 119. The SMILES string of the molecule is C[N+](C)(C)CCOC(N)=O.[OH-]. The van der Waals surface area contributed by atoms with Crippen molar-refractivity contribution in [2.24, 2.45) is 5.73 Å². The van der Waals surface area contributed by atoms with Crippen molar-refractivity contribution in [2.45, 2.75) is 0 Å². The molecule has 0 aliphatic carbocycles. The summed E-state index contributed by atoms with van der Waals surface area (Å²) in [6.45, 7) is 1.17. The fourth-order valence-electron chi connectivity index (χ4n) is 0.420. The number of rotatable bonds is 3. The largest absolute Gasteiger partial charge is 0.870 e. The Hall–Kier alpha value is -0.810. The molecule has 0 saturated heterocycles. The molecule has 3 N–H and O–H groups in total. The minimum Gasteiger partial charge on any atom is -0.870 e. The summed E-state index contributed by atoms with van der Waals surface area (Å²) in [4.78, 5) is 10.1. The first-order valence-corrected chi connectivity index (χ1v) is 3.14. The van der Waals surface area contributed by atoms with Crippen LogP contribution in [-0.2, 0) is 4.74 Å². The summed E-state index contributed by atoms with van der Waals surface area (Å²) in [5.74, 6) is 0. The van der Waals surface area contributed by atoms with E-state index in [1.54, 1.807) is 0 Å². The van der Waals surface area contributed by atoms with Crippen LogP contribution in [0.3, 0.4) is 0 Å². The van der Waals surface area contributed by atoms with E-state index in [0.717, 1.165) is 11.0 Å². The van der Waals surface area contributed by atoms with Crippen LogP contribution in [0.1, 0.15) is 0 Å². The molecule has 1 amide bonds. The van der Waals surface area contributed by atoms with Crippen molar-refractivity contribution >= 4 is 6.09 Å². The lowest BCUT2D eigenvalue weighted by atomic mass is 10.5. The van der Waals surface area contributed by atoms with Crippen LogP contribution in [0.15, 0.2) is 0 Å². The number of primary amides is 1. The van der Waals surface area contributed by atoms with Gasteiger partial charge in [-0.1, -0.05) is 0 Å². The van der Waals surface area contributed by atoms with Crippen molar-refractivity contribution in [3.63, 3.8) is 0 Å². The third-order valence-electron chi connectivity index (χ3n) is 1.01. The van der Waals surface area contributed by atoms with Gasteiger partial charge in [-0.2, -0.15) is 0 Å². The molecular weight excluding hydrogens is 148 g/mol. The van der Waals surface area contributed by atoms with E-state index < -0.39 is 6.09 Å². The second-order valence-electron chi connectivity index (χ2n) is 3.18. The van der Waals surface area contributed by atoms with Crippen molar-refractivity contribution in [2.75, 3.05) is 34.3 Å². The van der Waals surface area contributed by atoms with Crippen molar-refractivity contribution in [3.05, 3.63) is 0 Å². The number of carbonyl (C=O) groups excluding carboxylic acids is 1. The van der Waals surface area contributed by atoms with Gasteiger partial charge >= 0.3 is 6.09 Å². The van der Waals surface area contributed by atoms with Gasteiger partial charge in [-0.05, 0) is 0 Å². The molecule has 0 bridgehead atoms. The molecule has 11 heavy (non-hydrogen) atoms. The summed E-state index contributed by atoms with van der Waals surface area (Å²) in [6, 6.07) is 0. The molecular formula is C6H16N2O3. The molecule has 0 spiro atoms. The minimum atomic E-state index is -0.701. The van der Waals surface area contributed by atoms with Gasteiger partial charge in [-0.25, -0.2) is 4.79 Å². The summed E-state index contributed by atoms with van der Waals surface area (Å²) in [7, 11) is 6.05. The number of hydrogen-bond donors (Lipinski definition) is 1. The van der Waals surface area contributed by atoms with Gasteiger partial charge in [0, 0.05) is 0 Å². The Morgan fingerprint density at radius 1 is 1.45 bits per heavy atom. The minimum absolute atomic E-state index is 0. The summed E-state index contributed by atoms with van der Waals surface area (Å²) >= 11 is 0. The van der Waals surface area contributed by atoms with Gasteiger partial charge in [-0.15, -0.1) is 0 Å². The van der Waals surface area contributed by atoms with Crippen LogP contribution in [0.4, 0.5) is 4.79 Å². The van der Waals surface area contributed by atoms with Gasteiger partial charge in [0.2, 0.25) is 0 Å². The van der Waals surface area contributed by atoms with Crippen LogP contribution in [0.25, 0.3) is 0 Å². The first-order chi connectivity index (χ1) is 4.42. The van der Waals surface area contributed by atoms with E-state index in [9.17, 15) is 4.79 Å². The zero-order valence-corrected chi connectivity index (χ0v) is 7.20. The van der Waals surface area contributed by atoms with Crippen LogP contribution < -0.4 is 5.73 Å². The molecule has 0 aromatic carbocycles. The lowest BCUT2D eigenvalue weighted by molar-refractivity contribution is -0.870. The number of quaternary nitrogens is 1. The highest BCUT2D eigenvalue weighted by atomic mass is 16.5. The van der Waals surface area contributed by atoms with Gasteiger partial charge in [-0.3, -0.25) is 0 Å². The molecule has 0 aromatic rings. The van der Waals surface area contributed by atoms with Crippen molar-refractivity contribution in [1.82, 2.24) is 0 Å². The Balaban J connectivity index is 0. The molecule has 0 heterocycles. The molecule has 0 aliphatic heterocycles. The molecule has 0 rings (SSSR count). The Morgan fingerprint density at radius 2 is 1.91 bits per heavy atom. The molecule has 0 fully saturated rings. The average Bonchev–Trinajstić information content (AvgIpc) is 1.59. The number of ether oxygens (including phenoxy) is 1. The lowest BCUT2D eigenvalue weighted by Crippen LogP contribution is -2.38. The Labute approximate surface area is 66.6 Å². The molecule has 0 atom stereocenters. The molecule has 68 valence electrons. The summed E-state index contributed by atoms with van der Waals surface area (Å²) in [6.07, 6.45) is -0.701. The topological polar surface area (TPSA) is 82.3 Å². The maximum atomic E-state index is 10.1. The van der Waals surface area contributed by atoms with Crippen LogP contribution in [0.5, 0.6) is 0 Å². The highest BCUT2D eigenvalue weighted by Crippen LogP contribution is 1.88. The zero-order chi connectivity index (χ0) is 8.20. The molecule has 5 heteroatoms. The third kappa shape index (κ3) is 12.4. The van der Waals surface area contributed by atoms with Gasteiger partial charge in [0.1, 0.15) is 13.2 Å². The van der Waals surface area contributed by atoms with Crippen molar-refractivity contribution in [1.29, 1.82) is 0 Å². The number of carbonyl (C=O) groups is 1. The number of likely N-dealkylation sites (N-methyl/N-ethyl adjacent to an activating group) is 1. The van der Waals surface area contributed by atoms with E-state index in [4.69, 9.17) is 5.73 Å². The van der Waals surface area contributed by atoms with E-state index in [1.807, 2.05) is 21.1 Å². The lowest BCUT2D eigenvalue weighted by Gasteiger charge is -2.22. The van der Waals surface area contributed by atoms with Crippen LogP contribution in [0, 0.1) is 0 Å². The second-order valence-corrected chi connectivity index (χ2v) is 3.18.